The zero-order chi connectivity index (χ0) is 14.4. The highest BCUT2D eigenvalue weighted by Gasteiger charge is 2.17. The van der Waals surface area contributed by atoms with E-state index in [1.807, 2.05) is 0 Å². The van der Waals surface area contributed by atoms with Crippen molar-refractivity contribution in [2.45, 2.75) is 45.3 Å². The fourth-order valence-corrected chi connectivity index (χ4v) is 2.77. The third kappa shape index (κ3) is 4.58. The van der Waals surface area contributed by atoms with E-state index in [-0.39, 0.29) is 6.04 Å². The van der Waals surface area contributed by atoms with Crippen molar-refractivity contribution in [2.75, 3.05) is 19.7 Å². The largest absolute Gasteiger partial charge is 0.377 e. The maximum Gasteiger partial charge on any atom is 0.0700 e. The van der Waals surface area contributed by atoms with Crippen LogP contribution in [0.15, 0.2) is 24.3 Å². The number of hydrogen-bond acceptors (Lipinski definition) is 3. The Kier molecular flexibility index (Phi) is 6.02. The first-order chi connectivity index (χ1) is 9.69. The monoisotopic (exact) mass is 276 g/mol. The van der Waals surface area contributed by atoms with E-state index in [1.165, 1.54) is 17.5 Å². The summed E-state index contributed by atoms with van der Waals surface area (Å²) in [6, 6.07) is 9.10. The molecule has 0 aliphatic carbocycles. The number of hydrogen-bond donors (Lipinski definition) is 2. The maximum absolute atomic E-state index is 5.91. The molecule has 2 rings (SSSR count). The van der Waals surface area contributed by atoms with Crippen LogP contribution in [0.25, 0.3) is 0 Å². The van der Waals surface area contributed by atoms with E-state index in [9.17, 15) is 0 Å². The smallest absolute Gasteiger partial charge is 0.0700 e. The van der Waals surface area contributed by atoms with Gasteiger partial charge in [0.2, 0.25) is 0 Å². The van der Waals surface area contributed by atoms with E-state index < -0.39 is 0 Å². The molecule has 1 heterocycles. The van der Waals surface area contributed by atoms with E-state index in [4.69, 9.17) is 10.5 Å². The molecule has 2 atom stereocenters. The molecule has 1 aromatic carbocycles. The number of ether oxygens (including phenoxy) is 1. The van der Waals surface area contributed by atoms with Crippen molar-refractivity contribution >= 4 is 0 Å². The van der Waals surface area contributed by atoms with Crippen molar-refractivity contribution in [2.24, 2.45) is 11.7 Å². The van der Waals surface area contributed by atoms with Gasteiger partial charge in [-0.15, -0.1) is 0 Å². The second kappa shape index (κ2) is 7.77. The summed E-state index contributed by atoms with van der Waals surface area (Å²) < 4.78 is 5.64. The summed E-state index contributed by atoms with van der Waals surface area (Å²) in [6.07, 6.45) is 3.85. The quantitative estimate of drug-likeness (QED) is 0.805. The van der Waals surface area contributed by atoms with Crippen LogP contribution in [0, 0.1) is 5.92 Å². The van der Waals surface area contributed by atoms with Crippen molar-refractivity contribution in [1.82, 2.24) is 5.32 Å². The van der Waals surface area contributed by atoms with Gasteiger partial charge in [-0.05, 0) is 36.3 Å². The molecule has 0 bridgehead atoms. The van der Waals surface area contributed by atoms with Crippen molar-refractivity contribution in [1.29, 1.82) is 0 Å². The average molecular weight is 276 g/mol. The highest BCUT2D eigenvalue weighted by molar-refractivity contribution is 5.25. The first-order valence-electron chi connectivity index (χ1n) is 7.83. The summed E-state index contributed by atoms with van der Waals surface area (Å²) in [4.78, 5) is 0. The van der Waals surface area contributed by atoms with Crippen LogP contribution >= 0.6 is 0 Å². The molecule has 2 unspecified atom stereocenters. The Balaban J connectivity index is 1.89. The first kappa shape index (κ1) is 15.5. The molecule has 0 radical (unpaired) electrons. The lowest BCUT2D eigenvalue weighted by Crippen LogP contribution is -2.34. The first-order valence-corrected chi connectivity index (χ1v) is 7.83. The zero-order valence-electron chi connectivity index (χ0n) is 12.8. The van der Waals surface area contributed by atoms with Gasteiger partial charge >= 0.3 is 0 Å². The molecule has 1 aliphatic rings. The number of benzene rings is 1. The third-order valence-electron chi connectivity index (χ3n) is 3.88. The van der Waals surface area contributed by atoms with Gasteiger partial charge in [-0.2, -0.15) is 0 Å². The van der Waals surface area contributed by atoms with Gasteiger partial charge in [0.15, 0.2) is 0 Å². The standard InChI is InChI=1S/C17H28N2O/c1-13(2)10-14-5-7-15(8-6-14)17(11-18)19-12-16-4-3-9-20-16/h5-8,13,16-17,19H,3-4,9-12,18H2,1-2H3. The Labute approximate surface area is 122 Å². The summed E-state index contributed by atoms with van der Waals surface area (Å²) in [5.41, 5.74) is 8.58. The van der Waals surface area contributed by atoms with E-state index in [0.717, 1.165) is 26.0 Å². The molecule has 3 heteroatoms. The van der Waals surface area contributed by atoms with Crippen LogP contribution in [-0.4, -0.2) is 25.8 Å². The van der Waals surface area contributed by atoms with Crippen molar-refractivity contribution in [3.8, 4) is 0 Å². The molecule has 0 amide bonds. The molecule has 1 aliphatic heterocycles. The Morgan fingerprint density at radius 2 is 2.05 bits per heavy atom. The van der Waals surface area contributed by atoms with Gasteiger partial charge in [0.05, 0.1) is 6.10 Å². The molecule has 20 heavy (non-hydrogen) atoms. The second-order valence-corrected chi connectivity index (χ2v) is 6.17. The van der Waals surface area contributed by atoms with Gasteiger partial charge in [0, 0.05) is 25.7 Å². The third-order valence-corrected chi connectivity index (χ3v) is 3.88. The van der Waals surface area contributed by atoms with Crippen molar-refractivity contribution in [3.05, 3.63) is 35.4 Å². The molecule has 3 nitrogen and oxygen atoms in total. The Morgan fingerprint density at radius 1 is 1.30 bits per heavy atom. The van der Waals surface area contributed by atoms with Crippen LogP contribution in [0.2, 0.25) is 0 Å². The van der Waals surface area contributed by atoms with Gasteiger partial charge in [0.1, 0.15) is 0 Å². The molecule has 1 aromatic rings. The Bertz CT molecular complexity index is 382. The van der Waals surface area contributed by atoms with Gasteiger partial charge in [0.25, 0.3) is 0 Å². The minimum absolute atomic E-state index is 0.229. The maximum atomic E-state index is 5.91. The highest BCUT2D eigenvalue weighted by atomic mass is 16.5. The molecular weight excluding hydrogens is 248 g/mol. The van der Waals surface area contributed by atoms with Crippen LogP contribution in [0.4, 0.5) is 0 Å². The topological polar surface area (TPSA) is 47.3 Å². The van der Waals surface area contributed by atoms with Crippen molar-refractivity contribution in [3.63, 3.8) is 0 Å². The van der Waals surface area contributed by atoms with Gasteiger partial charge in [-0.1, -0.05) is 38.1 Å². The van der Waals surface area contributed by atoms with Gasteiger partial charge < -0.3 is 15.8 Å². The highest BCUT2D eigenvalue weighted by Crippen LogP contribution is 2.17. The normalized spacial score (nSPS) is 20.5. The number of nitrogens with one attached hydrogen (secondary N) is 1. The molecule has 1 saturated heterocycles. The predicted molar refractivity (Wildman–Crippen MR) is 83.8 cm³/mol. The summed E-state index contributed by atoms with van der Waals surface area (Å²) in [6.45, 7) is 6.93. The Morgan fingerprint density at radius 3 is 2.60 bits per heavy atom. The molecule has 112 valence electrons. The number of rotatable bonds is 7. The van der Waals surface area contributed by atoms with E-state index in [1.54, 1.807) is 0 Å². The van der Waals surface area contributed by atoms with Crippen LogP contribution in [-0.2, 0) is 11.2 Å². The fraction of sp³-hybridized carbons (Fsp3) is 0.647. The summed E-state index contributed by atoms with van der Waals surface area (Å²) in [5, 5.41) is 3.54. The van der Waals surface area contributed by atoms with Crippen LogP contribution in [0.3, 0.4) is 0 Å². The SMILES string of the molecule is CC(C)Cc1ccc(C(CN)NCC2CCCO2)cc1. The molecule has 0 saturated carbocycles. The average Bonchev–Trinajstić information content (AvgIpc) is 2.94. The molecule has 1 fully saturated rings. The summed E-state index contributed by atoms with van der Waals surface area (Å²) >= 11 is 0. The fourth-order valence-electron chi connectivity index (χ4n) is 2.77. The lowest BCUT2D eigenvalue weighted by atomic mass is 9.99. The minimum atomic E-state index is 0.229. The Hall–Kier alpha value is -0.900. The molecule has 3 N–H and O–H groups in total. The summed E-state index contributed by atoms with van der Waals surface area (Å²) in [5.74, 6) is 0.698. The lowest BCUT2D eigenvalue weighted by Gasteiger charge is -2.20. The van der Waals surface area contributed by atoms with Crippen LogP contribution < -0.4 is 11.1 Å². The van der Waals surface area contributed by atoms with Gasteiger partial charge in [-0.3, -0.25) is 0 Å². The lowest BCUT2D eigenvalue weighted by molar-refractivity contribution is 0.107. The van der Waals surface area contributed by atoms with E-state index >= 15 is 0 Å². The molecule has 0 spiro atoms. The second-order valence-electron chi connectivity index (χ2n) is 6.17. The molecule has 0 aromatic heterocycles. The van der Waals surface area contributed by atoms with Gasteiger partial charge in [-0.25, -0.2) is 0 Å². The summed E-state index contributed by atoms with van der Waals surface area (Å²) in [7, 11) is 0. The zero-order valence-corrected chi connectivity index (χ0v) is 12.8. The van der Waals surface area contributed by atoms with E-state index in [2.05, 4.69) is 43.4 Å². The number of nitrogens with two attached hydrogens (primary N) is 1. The predicted octanol–water partition coefficient (Wildman–Crippen LogP) is 2.65. The molecular formula is C17H28N2O. The van der Waals surface area contributed by atoms with Crippen molar-refractivity contribution < 1.29 is 4.74 Å². The van der Waals surface area contributed by atoms with Crippen LogP contribution in [0.1, 0.15) is 43.9 Å². The van der Waals surface area contributed by atoms with Crippen LogP contribution in [0.5, 0.6) is 0 Å². The van der Waals surface area contributed by atoms with E-state index in [0.29, 0.717) is 18.6 Å². The minimum Gasteiger partial charge on any atom is -0.377 e.